The second kappa shape index (κ2) is 17.7. The average molecular weight is 576 g/mol. The van der Waals surface area contributed by atoms with Gasteiger partial charge in [-0.2, -0.15) is 0 Å². The summed E-state index contributed by atoms with van der Waals surface area (Å²) in [6.07, 6.45) is 19.6. The minimum atomic E-state index is 0.454. The van der Waals surface area contributed by atoms with Crippen LogP contribution < -0.4 is 4.90 Å². The fourth-order valence-electron chi connectivity index (χ4n) is 7.95. The lowest BCUT2D eigenvalue weighted by Crippen LogP contribution is -2.49. The quantitative estimate of drug-likeness (QED) is 0.232. The second-order valence-electron chi connectivity index (χ2n) is 12.5. The van der Waals surface area contributed by atoms with E-state index < -0.39 is 0 Å². The van der Waals surface area contributed by atoms with Gasteiger partial charge in [-0.05, 0) is 80.2 Å². The van der Waals surface area contributed by atoms with Gasteiger partial charge in [0.15, 0.2) is 0 Å². The molecule has 0 aromatic heterocycles. The molecule has 0 bridgehead atoms. The Morgan fingerprint density at radius 2 is 1.79 bits per heavy atom. The normalized spacial score (nSPS) is 23.1. The summed E-state index contributed by atoms with van der Waals surface area (Å²) >= 11 is 0. The smallest absolute Gasteiger partial charge is 0.150 e. The topological polar surface area (TPSA) is 26.8 Å². The van der Waals surface area contributed by atoms with Gasteiger partial charge in [-0.15, -0.1) is 0 Å². The Morgan fingerprint density at radius 1 is 1.02 bits per heavy atom. The molecule has 234 valence electrons. The van der Waals surface area contributed by atoms with Gasteiger partial charge in [0.05, 0.1) is 0 Å². The Kier molecular flexibility index (Phi) is 14.4. The van der Waals surface area contributed by atoms with Gasteiger partial charge in [0, 0.05) is 55.7 Å². The number of likely N-dealkylation sites (tertiary alicyclic amines) is 1. The lowest BCUT2D eigenvalue weighted by molar-refractivity contribution is 0.0554. The molecule has 0 N–H and O–H groups in total. The molecule has 0 amide bonds. The summed E-state index contributed by atoms with van der Waals surface area (Å²) in [6, 6.07) is 7.18. The summed E-state index contributed by atoms with van der Waals surface area (Å²) in [6.45, 7) is 23.6. The molecule has 2 heterocycles. The number of carbonyl (C=O) groups excluding carboxylic acids is 1. The lowest BCUT2D eigenvalue weighted by Gasteiger charge is -2.45. The first kappa shape index (κ1) is 34.2. The Labute approximate surface area is 258 Å². The van der Waals surface area contributed by atoms with Crippen LogP contribution in [0.5, 0.6) is 0 Å². The van der Waals surface area contributed by atoms with E-state index in [9.17, 15) is 4.79 Å². The molecule has 3 aliphatic rings. The van der Waals surface area contributed by atoms with Gasteiger partial charge in [0.1, 0.15) is 6.29 Å². The summed E-state index contributed by atoms with van der Waals surface area (Å²) in [5.41, 5.74) is 5.98. The molecule has 42 heavy (non-hydrogen) atoms. The number of rotatable bonds is 12. The zero-order valence-electron chi connectivity index (χ0n) is 27.9. The number of hydrogen-bond acceptors (Lipinski definition) is 4. The summed E-state index contributed by atoms with van der Waals surface area (Å²) in [4.78, 5) is 19.8. The molecular formula is C38H61N3O. The molecule has 2 fully saturated rings. The van der Waals surface area contributed by atoms with E-state index in [0.29, 0.717) is 11.8 Å². The van der Waals surface area contributed by atoms with E-state index in [4.69, 9.17) is 0 Å². The fraction of sp³-hybridized carbons (Fsp3) is 0.658. The van der Waals surface area contributed by atoms with Gasteiger partial charge in [0.2, 0.25) is 0 Å². The molecule has 4 nitrogen and oxygen atoms in total. The maximum absolute atomic E-state index is 11.9. The van der Waals surface area contributed by atoms with Crippen molar-refractivity contribution < 1.29 is 4.79 Å². The molecule has 2 aliphatic heterocycles. The van der Waals surface area contributed by atoms with Crippen LogP contribution in [-0.2, 0) is 0 Å². The highest BCUT2D eigenvalue weighted by atomic mass is 16.1. The number of allylic oxidation sites excluding steroid dienone is 2. The van der Waals surface area contributed by atoms with Gasteiger partial charge < -0.3 is 9.80 Å². The summed E-state index contributed by atoms with van der Waals surface area (Å²) in [7, 11) is 0. The molecule has 1 aromatic rings. The fourth-order valence-corrected chi connectivity index (χ4v) is 7.95. The van der Waals surface area contributed by atoms with Crippen molar-refractivity contribution in [2.24, 2.45) is 11.8 Å². The van der Waals surface area contributed by atoms with Gasteiger partial charge in [-0.1, -0.05) is 97.6 Å². The number of hydrogen-bond donors (Lipinski definition) is 0. The Hall–Kier alpha value is -2.33. The van der Waals surface area contributed by atoms with Crippen molar-refractivity contribution in [1.29, 1.82) is 0 Å². The van der Waals surface area contributed by atoms with Crippen molar-refractivity contribution >= 4 is 12.0 Å². The molecule has 1 aromatic carbocycles. The first-order valence-corrected chi connectivity index (χ1v) is 17.4. The van der Waals surface area contributed by atoms with E-state index in [-0.39, 0.29) is 0 Å². The van der Waals surface area contributed by atoms with Crippen LogP contribution in [0, 0.1) is 11.8 Å². The third-order valence-corrected chi connectivity index (χ3v) is 10.2. The third-order valence-electron chi connectivity index (χ3n) is 10.2. The Bertz CT molecular complexity index is 1040. The highest BCUT2D eigenvalue weighted by Crippen LogP contribution is 2.38. The number of piperidine rings is 1. The maximum Gasteiger partial charge on any atom is 0.150 e. The van der Waals surface area contributed by atoms with Crippen LogP contribution in [0.3, 0.4) is 0 Å². The highest BCUT2D eigenvalue weighted by molar-refractivity contribution is 5.78. The van der Waals surface area contributed by atoms with Crippen molar-refractivity contribution in [3.05, 3.63) is 65.4 Å². The predicted octanol–water partition coefficient (Wildman–Crippen LogP) is 9.25. The largest absolute Gasteiger partial charge is 0.368 e. The van der Waals surface area contributed by atoms with Crippen LogP contribution in [0.25, 0.3) is 0 Å². The van der Waals surface area contributed by atoms with Gasteiger partial charge in [-0.25, -0.2) is 0 Å². The molecule has 4 heteroatoms. The zero-order chi connectivity index (χ0) is 30.5. The van der Waals surface area contributed by atoms with Crippen molar-refractivity contribution in [2.75, 3.05) is 44.2 Å². The number of benzene rings is 1. The summed E-state index contributed by atoms with van der Waals surface area (Å²) in [5, 5.41) is 0. The van der Waals surface area contributed by atoms with Gasteiger partial charge >= 0.3 is 0 Å². The Balaban J connectivity index is 0.00000237. The van der Waals surface area contributed by atoms with Crippen LogP contribution in [0.1, 0.15) is 121 Å². The van der Waals surface area contributed by atoms with Crippen molar-refractivity contribution in [2.45, 2.75) is 111 Å². The van der Waals surface area contributed by atoms with Gasteiger partial charge in [0.25, 0.3) is 0 Å². The van der Waals surface area contributed by atoms with E-state index in [1.807, 2.05) is 19.9 Å². The molecule has 0 spiro atoms. The average Bonchev–Trinajstić information content (AvgIpc) is 3.21. The minimum absolute atomic E-state index is 0.454. The highest BCUT2D eigenvalue weighted by Gasteiger charge is 2.33. The molecule has 1 aliphatic carbocycles. The molecule has 1 saturated carbocycles. The van der Waals surface area contributed by atoms with Gasteiger partial charge in [-0.3, -0.25) is 9.69 Å². The molecule has 1 saturated heterocycles. The molecular weight excluding hydrogens is 514 g/mol. The monoisotopic (exact) mass is 575 g/mol. The van der Waals surface area contributed by atoms with E-state index in [1.165, 1.54) is 86.9 Å². The van der Waals surface area contributed by atoms with Crippen molar-refractivity contribution in [1.82, 2.24) is 9.80 Å². The first-order chi connectivity index (χ1) is 20.5. The van der Waals surface area contributed by atoms with Crippen LogP contribution in [0.15, 0.2) is 54.3 Å². The maximum atomic E-state index is 11.9. The standard InChI is InChI=1S/C36H55N3O.C2H6/c1-6-13-30(8-3)28(5)33-19-18-29(27-40)25-36(33)39-24-23-38(34(9-4)32(26-39)14-7-2)22-21-37-20-12-16-31-15-10-11-17-35(31)37;1-2/h7,9,14,18-19,25,27-28,30-31,35H,4,6,8,10-13,15-17,20-24,26H2,1-3,5H3;1-2H3/b14-7-;. The predicted molar refractivity (Wildman–Crippen MR) is 183 cm³/mol. The lowest BCUT2D eigenvalue weighted by atomic mass is 9.78. The summed E-state index contributed by atoms with van der Waals surface area (Å²) in [5.74, 6) is 2.02. The van der Waals surface area contributed by atoms with E-state index in [0.717, 1.165) is 56.5 Å². The van der Waals surface area contributed by atoms with E-state index >= 15 is 0 Å². The molecule has 4 atom stereocenters. The van der Waals surface area contributed by atoms with Crippen LogP contribution in [0.4, 0.5) is 5.69 Å². The molecule has 4 unspecified atom stereocenters. The third kappa shape index (κ3) is 8.40. The SMILES string of the molecule is C=CC1=C(/C=C\C)CN(c2cc(C=O)ccc2C(C)C(CC)CCC)CCN1CCN1CCCC2CCCCC21.CC. The van der Waals surface area contributed by atoms with Crippen LogP contribution in [0.2, 0.25) is 0 Å². The van der Waals surface area contributed by atoms with Crippen LogP contribution in [-0.4, -0.2) is 61.4 Å². The van der Waals surface area contributed by atoms with Crippen molar-refractivity contribution in [3.63, 3.8) is 0 Å². The number of fused-ring (bicyclic) bond motifs is 1. The molecule has 0 radical (unpaired) electrons. The first-order valence-electron chi connectivity index (χ1n) is 17.4. The number of aldehydes is 1. The number of carbonyl (C=O) groups is 1. The van der Waals surface area contributed by atoms with Crippen LogP contribution >= 0.6 is 0 Å². The Morgan fingerprint density at radius 3 is 2.48 bits per heavy atom. The van der Waals surface area contributed by atoms with E-state index in [1.54, 1.807) is 0 Å². The van der Waals surface area contributed by atoms with Crippen molar-refractivity contribution in [3.8, 4) is 0 Å². The summed E-state index contributed by atoms with van der Waals surface area (Å²) < 4.78 is 0. The number of nitrogens with zero attached hydrogens (tertiary/aromatic N) is 3. The minimum Gasteiger partial charge on any atom is -0.368 e. The van der Waals surface area contributed by atoms with E-state index in [2.05, 4.69) is 79.3 Å². The number of anilines is 1. The zero-order valence-corrected chi connectivity index (χ0v) is 27.9. The second-order valence-corrected chi connectivity index (χ2v) is 12.5. The molecule has 4 rings (SSSR count).